The zero-order valence-electron chi connectivity index (χ0n) is 9.82. The number of benzene rings is 1. The summed E-state index contributed by atoms with van der Waals surface area (Å²) in [5.74, 6) is 0. The predicted molar refractivity (Wildman–Crippen MR) is 68.1 cm³/mol. The second-order valence-corrected chi connectivity index (χ2v) is 6.18. The third-order valence-corrected chi connectivity index (χ3v) is 4.79. The lowest BCUT2D eigenvalue weighted by atomic mass is 10.4. The van der Waals surface area contributed by atoms with Crippen molar-refractivity contribution in [2.24, 2.45) is 4.99 Å². The number of carbonyl (C=O) groups excluding carboxylic acids is 1. The zero-order valence-corrected chi connectivity index (χ0v) is 11.4. The number of nitrogens with zero attached hydrogens (tertiary/aromatic N) is 2. The van der Waals surface area contributed by atoms with E-state index in [0.29, 0.717) is 5.02 Å². The molecule has 0 aliphatic carbocycles. The van der Waals surface area contributed by atoms with Gasteiger partial charge in [-0.05, 0) is 18.2 Å². The number of isocyanates is 1. The Kier molecular flexibility index (Phi) is 4.34. The van der Waals surface area contributed by atoms with Gasteiger partial charge < -0.3 is 4.74 Å². The Labute approximate surface area is 115 Å². The van der Waals surface area contributed by atoms with Crippen molar-refractivity contribution in [2.45, 2.75) is 11.1 Å². The molecule has 1 aliphatic rings. The maximum Gasteiger partial charge on any atom is 0.245 e. The summed E-state index contributed by atoms with van der Waals surface area (Å²) >= 11 is 5.79. The van der Waals surface area contributed by atoms with Crippen molar-refractivity contribution in [2.75, 3.05) is 19.8 Å². The molecule has 1 atom stereocenters. The van der Waals surface area contributed by atoms with Crippen LogP contribution in [0.2, 0.25) is 5.02 Å². The number of hydrogen-bond donors (Lipinski definition) is 0. The Morgan fingerprint density at radius 2 is 2.26 bits per heavy atom. The molecular formula is C11H11ClN2O4S. The third-order valence-electron chi connectivity index (χ3n) is 2.66. The average molecular weight is 303 g/mol. The molecular weight excluding hydrogens is 292 g/mol. The third kappa shape index (κ3) is 3.02. The number of sulfonamides is 1. The van der Waals surface area contributed by atoms with Crippen LogP contribution in [0.1, 0.15) is 0 Å². The lowest BCUT2D eigenvalue weighted by molar-refractivity contribution is 0.0359. The number of morpholine rings is 1. The van der Waals surface area contributed by atoms with Crippen LogP contribution in [0.4, 0.5) is 0 Å². The summed E-state index contributed by atoms with van der Waals surface area (Å²) in [6.07, 6.45) is 0.486. The molecule has 0 radical (unpaired) electrons. The van der Waals surface area contributed by atoms with Gasteiger partial charge in [0, 0.05) is 11.6 Å². The van der Waals surface area contributed by atoms with E-state index in [1.807, 2.05) is 0 Å². The highest BCUT2D eigenvalue weighted by Gasteiger charge is 2.34. The number of halogens is 1. The Balaban J connectivity index is 2.39. The Hall–Kier alpha value is -1.24. The van der Waals surface area contributed by atoms with Crippen LogP contribution in [0, 0.1) is 0 Å². The molecule has 1 saturated heterocycles. The first-order valence-electron chi connectivity index (χ1n) is 5.48. The van der Waals surface area contributed by atoms with E-state index in [-0.39, 0.29) is 24.7 Å². The lowest BCUT2D eigenvalue weighted by Gasteiger charge is -2.31. The van der Waals surface area contributed by atoms with E-state index in [0.717, 1.165) is 4.31 Å². The molecule has 1 fully saturated rings. The monoisotopic (exact) mass is 302 g/mol. The summed E-state index contributed by atoms with van der Waals surface area (Å²) in [5.41, 5.74) is 0. The standard InChI is InChI=1S/C11H11ClN2O4S/c12-9-2-1-3-10(6-9)19(16,17)14-4-5-18-7-11(14)13-8-15/h1-3,6,11H,4-5,7H2. The average Bonchev–Trinajstić information content (AvgIpc) is 2.39. The van der Waals surface area contributed by atoms with Gasteiger partial charge in [-0.2, -0.15) is 9.30 Å². The first kappa shape index (κ1) is 14.2. The van der Waals surface area contributed by atoms with Gasteiger partial charge >= 0.3 is 0 Å². The number of rotatable bonds is 3. The molecule has 1 unspecified atom stereocenters. The van der Waals surface area contributed by atoms with Crippen molar-refractivity contribution < 1.29 is 17.9 Å². The predicted octanol–water partition coefficient (Wildman–Crippen LogP) is 1.02. The van der Waals surface area contributed by atoms with Crippen molar-refractivity contribution in [1.82, 2.24) is 4.31 Å². The molecule has 19 heavy (non-hydrogen) atoms. The van der Waals surface area contributed by atoms with Gasteiger partial charge in [0.2, 0.25) is 16.1 Å². The van der Waals surface area contributed by atoms with Crippen LogP contribution >= 0.6 is 11.6 Å². The second kappa shape index (κ2) is 5.81. The van der Waals surface area contributed by atoms with Crippen LogP contribution < -0.4 is 0 Å². The summed E-state index contributed by atoms with van der Waals surface area (Å²) in [7, 11) is -3.76. The maximum absolute atomic E-state index is 12.4. The minimum atomic E-state index is -3.76. The lowest BCUT2D eigenvalue weighted by Crippen LogP contribution is -2.47. The van der Waals surface area contributed by atoms with E-state index in [1.54, 1.807) is 12.1 Å². The highest BCUT2D eigenvalue weighted by molar-refractivity contribution is 7.89. The highest BCUT2D eigenvalue weighted by Crippen LogP contribution is 2.23. The van der Waals surface area contributed by atoms with E-state index in [1.165, 1.54) is 18.2 Å². The van der Waals surface area contributed by atoms with E-state index in [2.05, 4.69) is 4.99 Å². The SMILES string of the molecule is O=C=NC1COCCN1S(=O)(=O)c1cccc(Cl)c1. The number of ether oxygens (including phenoxy) is 1. The molecule has 1 aliphatic heterocycles. The molecule has 0 aromatic heterocycles. The quantitative estimate of drug-likeness (QED) is 0.617. The van der Waals surface area contributed by atoms with E-state index < -0.39 is 16.2 Å². The van der Waals surface area contributed by atoms with Gasteiger partial charge in [0.1, 0.15) is 0 Å². The molecule has 6 nitrogen and oxygen atoms in total. The fourth-order valence-corrected chi connectivity index (χ4v) is 3.58. The van der Waals surface area contributed by atoms with Gasteiger partial charge in [-0.3, -0.25) is 0 Å². The van der Waals surface area contributed by atoms with Crippen LogP contribution in [-0.4, -0.2) is 44.7 Å². The number of aliphatic imine (C=N–C) groups is 1. The summed E-state index contributed by atoms with van der Waals surface area (Å²) in [5, 5.41) is 0.324. The van der Waals surface area contributed by atoms with Crippen LogP contribution in [0.25, 0.3) is 0 Å². The maximum atomic E-state index is 12.4. The minimum Gasteiger partial charge on any atom is -0.376 e. The summed E-state index contributed by atoms with van der Waals surface area (Å²) in [6.45, 7) is 0.421. The van der Waals surface area contributed by atoms with E-state index in [4.69, 9.17) is 16.3 Å². The van der Waals surface area contributed by atoms with Crippen LogP contribution in [0.15, 0.2) is 34.2 Å². The molecule has 0 bridgehead atoms. The smallest absolute Gasteiger partial charge is 0.245 e. The molecule has 102 valence electrons. The van der Waals surface area contributed by atoms with Gasteiger partial charge in [0.15, 0.2) is 6.17 Å². The summed E-state index contributed by atoms with van der Waals surface area (Å²) < 4.78 is 31.1. The molecule has 8 heteroatoms. The van der Waals surface area contributed by atoms with Crippen molar-refractivity contribution in [3.05, 3.63) is 29.3 Å². The Morgan fingerprint density at radius 1 is 1.47 bits per heavy atom. The van der Waals surface area contributed by atoms with E-state index >= 15 is 0 Å². The van der Waals surface area contributed by atoms with Crippen molar-refractivity contribution in [3.63, 3.8) is 0 Å². The molecule has 0 spiro atoms. The summed E-state index contributed by atoms with van der Waals surface area (Å²) in [6, 6.07) is 5.93. The fraction of sp³-hybridized carbons (Fsp3) is 0.364. The van der Waals surface area contributed by atoms with Gasteiger partial charge in [0.25, 0.3) is 0 Å². The van der Waals surface area contributed by atoms with Crippen LogP contribution in [0.5, 0.6) is 0 Å². The zero-order chi connectivity index (χ0) is 13.9. The Bertz CT molecular complexity index is 613. The molecule has 0 saturated carbocycles. The van der Waals surface area contributed by atoms with Crippen LogP contribution in [-0.2, 0) is 19.6 Å². The summed E-state index contributed by atoms with van der Waals surface area (Å²) in [4.78, 5) is 13.9. The van der Waals surface area contributed by atoms with Crippen LogP contribution in [0.3, 0.4) is 0 Å². The molecule has 2 rings (SSSR count). The first-order valence-corrected chi connectivity index (χ1v) is 7.29. The van der Waals surface area contributed by atoms with Crippen molar-refractivity contribution in [1.29, 1.82) is 0 Å². The highest BCUT2D eigenvalue weighted by atomic mass is 35.5. The molecule has 0 N–H and O–H groups in total. The second-order valence-electron chi connectivity index (χ2n) is 3.85. The minimum absolute atomic E-state index is 0.0367. The number of hydrogen-bond acceptors (Lipinski definition) is 5. The Morgan fingerprint density at radius 3 is 2.95 bits per heavy atom. The first-order chi connectivity index (χ1) is 9.05. The molecule has 1 heterocycles. The molecule has 0 amide bonds. The largest absolute Gasteiger partial charge is 0.376 e. The normalized spacial score (nSPS) is 20.8. The van der Waals surface area contributed by atoms with Gasteiger partial charge in [0.05, 0.1) is 18.1 Å². The van der Waals surface area contributed by atoms with Gasteiger partial charge in [-0.15, -0.1) is 0 Å². The van der Waals surface area contributed by atoms with E-state index in [9.17, 15) is 13.2 Å². The van der Waals surface area contributed by atoms with Gasteiger partial charge in [-0.25, -0.2) is 13.2 Å². The molecule has 1 aromatic rings. The molecule has 1 aromatic carbocycles. The van der Waals surface area contributed by atoms with Gasteiger partial charge in [-0.1, -0.05) is 17.7 Å². The fourth-order valence-electron chi connectivity index (χ4n) is 1.78. The van der Waals surface area contributed by atoms with Crippen molar-refractivity contribution >= 4 is 27.7 Å². The van der Waals surface area contributed by atoms with Crippen molar-refractivity contribution in [3.8, 4) is 0 Å². The topological polar surface area (TPSA) is 76.0 Å².